The van der Waals surface area contributed by atoms with E-state index in [0.29, 0.717) is 50.0 Å². The van der Waals surface area contributed by atoms with Gasteiger partial charge in [-0.1, -0.05) is 19.1 Å². The van der Waals surface area contributed by atoms with Crippen LogP contribution in [0.3, 0.4) is 0 Å². The normalized spacial score (nSPS) is 17.8. The Morgan fingerprint density at radius 3 is 2.61 bits per heavy atom. The minimum absolute atomic E-state index is 0.0569. The molecule has 0 spiro atoms. The van der Waals surface area contributed by atoms with Gasteiger partial charge in [-0.15, -0.1) is 0 Å². The van der Waals surface area contributed by atoms with Gasteiger partial charge in [-0.2, -0.15) is 0 Å². The molecule has 1 aliphatic rings. The first kappa shape index (κ1) is 30.4. The fourth-order valence-electron chi connectivity index (χ4n) is 5.22. The summed E-state index contributed by atoms with van der Waals surface area (Å²) in [5.41, 5.74) is 2.13. The van der Waals surface area contributed by atoms with E-state index in [1.54, 1.807) is 18.9 Å². The molecule has 0 bridgehead atoms. The Labute approximate surface area is 243 Å². The topological polar surface area (TPSA) is 89.3 Å². The Hall–Kier alpha value is -3.56. The number of hydrogen-bond donors (Lipinski definition) is 1. The lowest BCUT2D eigenvalue weighted by Crippen LogP contribution is -2.51. The Balaban J connectivity index is 1.39. The van der Waals surface area contributed by atoms with Crippen molar-refractivity contribution in [1.82, 2.24) is 19.4 Å². The van der Waals surface area contributed by atoms with Gasteiger partial charge in [-0.25, -0.2) is 4.98 Å². The quantitative estimate of drug-likeness (QED) is 0.333. The maximum absolute atomic E-state index is 12.3. The summed E-state index contributed by atoms with van der Waals surface area (Å²) in [5, 5.41) is 11.7. The number of carbonyl (C=O) groups is 1. The molecule has 2 heterocycles. The molecule has 0 aliphatic carbocycles. The molecule has 222 valence electrons. The molecule has 0 radical (unpaired) electrons. The maximum atomic E-state index is 12.3. The summed E-state index contributed by atoms with van der Waals surface area (Å²) in [4.78, 5) is 20.5. The first-order valence-corrected chi connectivity index (χ1v) is 14.4. The Kier molecular flexibility index (Phi) is 10.3. The third-order valence-electron chi connectivity index (χ3n) is 7.67. The molecule has 1 fully saturated rings. The predicted octanol–water partition coefficient (Wildman–Crippen LogP) is 4.01. The van der Waals surface area contributed by atoms with E-state index in [1.807, 2.05) is 55.7 Å². The van der Waals surface area contributed by atoms with Gasteiger partial charge < -0.3 is 28.8 Å². The van der Waals surface area contributed by atoms with Crippen LogP contribution >= 0.6 is 0 Å². The molecule has 1 atom stereocenters. The van der Waals surface area contributed by atoms with Gasteiger partial charge in [0.05, 0.1) is 20.3 Å². The van der Waals surface area contributed by atoms with Crippen molar-refractivity contribution in [1.29, 1.82) is 0 Å². The lowest BCUT2D eigenvalue weighted by molar-refractivity contribution is -0.132. The molecule has 0 saturated carbocycles. The summed E-state index contributed by atoms with van der Waals surface area (Å²) < 4.78 is 19.9. The summed E-state index contributed by atoms with van der Waals surface area (Å²) in [5.74, 6) is 3.11. The van der Waals surface area contributed by atoms with Gasteiger partial charge >= 0.3 is 0 Å². The highest BCUT2D eigenvalue weighted by Crippen LogP contribution is 2.29. The number of hydrogen-bond acceptors (Lipinski definition) is 7. The zero-order chi connectivity index (χ0) is 29.4. The van der Waals surface area contributed by atoms with Crippen LogP contribution in [-0.2, 0) is 24.3 Å². The van der Waals surface area contributed by atoms with E-state index in [1.165, 1.54) is 5.56 Å². The molecule has 1 aliphatic heterocycles. The number of aromatic nitrogens is 2. The molecule has 41 heavy (non-hydrogen) atoms. The van der Waals surface area contributed by atoms with Gasteiger partial charge in [0.15, 0.2) is 11.5 Å². The van der Waals surface area contributed by atoms with Crippen molar-refractivity contribution in [2.75, 3.05) is 46.5 Å². The van der Waals surface area contributed by atoms with Gasteiger partial charge in [0.2, 0.25) is 5.91 Å². The average Bonchev–Trinajstić information content (AvgIpc) is 3.34. The molecule has 1 N–H and O–H groups in total. The van der Waals surface area contributed by atoms with Crippen LogP contribution in [0.5, 0.6) is 17.2 Å². The highest BCUT2D eigenvalue weighted by atomic mass is 16.5. The zero-order valence-corrected chi connectivity index (χ0v) is 25.1. The predicted molar refractivity (Wildman–Crippen MR) is 159 cm³/mol. The number of nitrogens with zero attached hydrogens (tertiary/aromatic N) is 4. The highest BCUT2D eigenvalue weighted by Gasteiger charge is 2.37. The van der Waals surface area contributed by atoms with Crippen molar-refractivity contribution in [3.8, 4) is 17.2 Å². The second-order valence-electron chi connectivity index (χ2n) is 11.0. The number of aliphatic hydroxyl groups is 1. The smallest absolute Gasteiger partial charge is 0.219 e. The third-order valence-corrected chi connectivity index (χ3v) is 7.67. The standard InChI is InChI=1S/C32H44N4O5/c1-6-31-33-12-14-35(31)13-7-17-40-29-11-9-27(19-30(29)39-5)20-34-15-16-36(26(4)37)22-32(38,21-34)23-41-28-10-8-24(2)25(3)18-28/h8-12,14,18-19,38H,6-7,13,15-17,20-23H2,1-5H3. The van der Waals surface area contributed by atoms with Gasteiger partial charge in [0.1, 0.15) is 23.8 Å². The van der Waals surface area contributed by atoms with Gasteiger partial charge in [0.25, 0.3) is 0 Å². The van der Waals surface area contributed by atoms with E-state index in [0.717, 1.165) is 36.3 Å². The van der Waals surface area contributed by atoms with Crippen LogP contribution in [0.25, 0.3) is 0 Å². The van der Waals surface area contributed by atoms with Crippen LogP contribution in [0, 0.1) is 13.8 Å². The third kappa shape index (κ3) is 8.24. The molecule has 1 aromatic heterocycles. The summed E-state index contributed by atoms with van der Waals surface area (Å²) in [7, 11) is 1.64. The van der Waals surface area contributed by atoms with Crippen molar-refractivity contribution >= 4 is 5.91 Å². The summed E-state index contributed by atoms with van der Waals surface area (Å²) >= 11 is 0. The van der Waals surface area contributed by atoms with Crippen molar-refractivity contribution < 1.29 is 24.1 Å². The molecule has 4 rings (SSSR count). The summed E-state index contributed by atoms with van der Waals surface area (Å²) in [6.45, 7) is 11.6. The van der Waals surface area contributed by atoms with E-state index >= 15 is 0 Å². The Bertz CT molecular complexity index is 1310. The largest absolute Gasteiger partial charge is 0.493 e. The number of ether oxygens (including phenoxy) is 3. The van der Waals surface area contributed by atoms with E-state index in [2.05, 4.69) is 28.3 Å². The molecular weight excluding hydrogens is 520 g/mol. The Morgan fingerprint density at radius 1 is 1.05 bits per heavy atom. The van der Waals surface area contributed by atoms with Crippen LogP contribution in [0.1, 0.15) is 42.8 Å². The molecule has 1 saturated heterocycles. The second kappa shape index (κ2) is 13.9. The number of aryl methyl sites for hydroxylation is 4. The highest BCUT2D eigenvalue weighted by molar-refractivity contribution is 5.73. The number of amides is 1. The molecule has 3 aromatic rings. The van der Waals surface area contributed by atoms with E-state index < -0.39 is 5.60 Å². The number of β-amino-alcohol motifs (C(OH)–C–C–N with tert-alkyl or cyclic N) is 1. The fraction of sp³-hybridized carbons (Fsp3) is 0.500. The van der Waals surface area contributed by atoms with Crippen LogP contribution < -0.4 is 14.2 Å². The van der Waals surface area contributed by atoms with Crippen LogP contribution in [0.2, 0.25) is 0 Å². The SMILES string of the molecule is CCc1nccn1CCCOc1ccc(CN2CCN(C(C)=O)CC(O)(COc3ccc(C)c(C)c3)C2)cc1OC. The van der Waals surface area contributed by atoms with E-state index in [9.17, 15) is 9.90 Å². The van der Waals surface area contributed by atoms with Gasteiger partial charge in [0, 0.05) is 58.5 Å². The number of imidazole rings is 1. The first-order chi connectivity index (χ1) is 19.7. The summed E-state index contributed by atoms with van der Waals surface area (Å²) in [6, 6.07) is 11.9. The van der Waals surface area contributed by atoms with Gasteiger partial charge in [-0.05, 0) is 61.2 Å². The maximum Gasteiger partial charge on any atom is 0.219 e. The van der Waals surface area contributed by atoms with Crippen molar-refractivity contribution in [3.05, 3.63) is 71.3 Å². The van der Waals surface area contributed by atoms with E-state index in [-0.39, 0.29) is 19.1 Å². The minimum atomic E-state index is -1.22. The molecular formula is C32H44N4O5. The monoisotopic (exact) mass is 564 g/mol. The molecule has 9 nitrogen and oxygen atoms in total. The van der Waals surface area contributed by atoms with Crippen LogP contribution in [-0.4, -0.2) is 82.5 Å². The second-order valence-corrected chi connectivity index (χ2v) is 11.0. The first-order valence-electron chi connectivity index (χ1n) is 14.4. The lowest BCUT2D eigenvalue weighted by atomic mass is 10.0. The number of methoxy groups -OCH3 is 1. The molecule has 1 unspecified atom stereocenters. The van der Waals surface area contributed by atoms with Crippen LogP contribution in [0.15, 0.2) is 48.8 Å². The Morgan fingerprint density at radius 2 is 1.88 bits per heavy atom. The number of rotatable bonds is 12. The zero-order valence-electron chi connectivity index (χ0n) is 25.1. The fourth-order valence-corrected chi connectivity index (χ4v) is 5.22. The molecule has 2 aromatic carbocycles. The lowest BCUT2D eigenvalue weighted by Gasteiger charge is -2.33. The van der Waals surface area contributed by atoms with Crippen molar-refractivity contribution in [2.24, 2.45) is 0 Å². The molecule has 9 heteroatoms. The minimum Gasteiger partial charge on any atom is -0.493 e. The van der Waals surface area contributed by atoms with Crippen molar-refractivity contribution in [3.63, 3.8) is 0 Å². The summed E-state index contributed by atoms with van der Waals surface area (Å²) in [6.07, 6.45) is 5.60. The molecule has 1 amide bonds. The van der Waals surface area contributed by atoms with Crippen molar-refractivity contribution in [2.45, 2.75) is 59.2 Å². The average molecular weight is 565 g/mol. The number of carbonyl (C=O) groups excluding carboxylic acids is 1. The van der Waals surface area contributed by atoms with E-state index in [4.69, 9.17) is 14.2 Å². The van der Waals surface area contributed by atoms with Gasteiger partial charge in [-0.3, -0.25) is 9.69 Å². The van der Waals surface area contributed by atoms with Crippen LogP contribution in [0.4, 0.5) is 0 Å². The number of benzene rings is 2.